The fraction of sp³-hybridized carbons (Fsp3) is 0.100. The molecule has 0 aliphatic heterocycles. The van der Waals surface area contributed by atoms with Crippen molar-refractivity contribution in [1.29, 1.82) is 0 Å². The summed E-state index contributed by atoms with van der Waals surface area (Å²) in [7, 11) is 1.22. The van der Waals surface area contributed by atoms with Crippen molar-refractivity contribution in [3.8, 4) is 0 Å². The van der Waals surface area contributed by atoms with Crippen LogP contribution in [0.4, 0.5) is 5.69 Å². The molecule has 1 aromatic carbocycles. The summed E-state index contributed by atoms with van der Waals surface area (Å²) in [5, 5.41) is 8.15. The number of ether oxygens (including phenoxy) is 1. The van der Waals surface area contributed by atoms with Crippen LogP contribution >= 0.6 is 34.8 Å². The fourth-order valence-electron chi connectivity index (χ4n) is 0.946. The molecular formula is C10H8Cl3N3O2. The average Bonchev–Trinajstić information content (AvgIpc) is 2.27. The van der Waals surface area contributed by atoms with Gasteiger partial charge in [0.2, 0.25) is 0 Å². The molecule has 0 aliphatic carbocycles. The summed E-state index contributed by atoms with van der Waals surface area (Å²) in [6, 6.07) is 2.92. The third-order valence-electron chi connectivity index (χ3n) is 1.71. The van der Waals surface area contributed by atoms with E-state index >= 15 is 0 Å². The summed E-state index contributed by atoms with van der Waals surface area (Å²) in [5.74, 6) is -0.774. The Hall–Kier alpha value is -1.30. The number of nitrogens with two attached hydrogens (primary N) is 1. The van der Waals surface area contributed by atoms with Gasteiger partial charge < -0.3 is 10.5 Å². The van der Waals surface area contributed by atoms with Crippen molar-refractivity contribution in [1.82, 2.24) is 0 Å². The van der Waals surface area contributed by atoms with Crippen molar-refractivity contribution in [3.05, 3.63) is 39.1 Å². The third kappa shape index (κ3) is 4.18. The molecule has 0 saturated carbocycles. The highest BCUT2D eigenvalue weighted by Crippen LogP contribution is 2.36. The van der Waals surface area contributed by atoms with Crippen molar-refractivity contribution in [2.45, 2.75) is 0 Å². The zero-order chi connectivity index (χ0) is 13.7. The first-order valence-electron chi connectivity index (χ1n) is 4.55. The van der Waals surface area contributed by atoms with E-state index < -0.39 is 5.97 Å². The van der Waals surface area contributed by atoms with E-state index in [9.17, 15) is 4.79 Å². The van der Waals surface area contributed by atoms with Crippen LogP contribution in [0, 0.1) is 0 Å². The van der Waals surface area contributed by atoms with Gasteiger partial charge in [0.25, 0.3) is 0 Å². The monoisotopic (exact) mass is 307 g/mol. The zero-order valence-electron chi connectivity index (χ0n) is 9.15. The van der Waals surface area contributed by atoms with Gasteiger partial charge in [-0.1, -0.05) is 34.8 Å². The molecule has 96 valence electrons. The second-order valence-corrected chi connectivity index (χ2v) is 4.26. The highest BCUT2D eigenvalue weighted by molar-refractivity contribution is 6.41. The van der Waals surface area contributed by atoms with Crippen molar-refractivity contribution in [3.63, 3.8) is 0 Å². The van der Waals surface area contributed by atoms with Crippen LogP contribution in [0.3, 0.4) is 0 Å². The number of azo groups is 1. The number of benzene rings is 1. The molecule has 0 spiro atoms. The third-order valence-corrected chi connectivity index (χ3v) is 2.51. The molecule has 8 heteroatoms. The quantitative estimate of drug-likeness (QED) is 0.525. The Morgan fingerprint density at radius 2 is 1.89 bits per heavy atom. The normalized spacial score (nSPS) is 11.9. The Balaban J connectivity index is 2.98. The molecule has 5 nitrogen and oxygen atoms in total. The first kappa shape index (κ1) is 14.8. The number of esters is 1. The summed E-state index contributed by atoms with van der Waals surface area (Å²) < 4.78 is 4.37. The van der Waals surface area contributed by atoms with Crippen molar-refractivity contribution < 1.29 is 9.53 Å². The summed E-state index contributed by atoms with van der Waals surface area (Å²) in [4.78, 5) is 10.9. The molecule has 0 bridgehead atoms. The van der Waals surface area contributed by atoms with E-state index in [4.69, 9.17) is 40.5 Å². The molecular weight excluding hydrogens is 300 g/mol. The topological polar surface area (TPSA) is 77.0 Å². The molecule has 18 heavy (non-hydrogen) atoms. The first-order valence-corrected chi connectivity index (χ1v) is 5.69. The predicted molar refractivity (Wildman–Crippen MR) is 70.3 cm³/mol. The Labute approximate surface area is 118 Å². The van der Waals surface area contributed by atoms with Gasteiger partial charge in [0.05, 0.1) is 23.2 Å². The summed E-state index contributed by atoms with van der Waals surface area (Å²) in [6.07, 6.45) is 0.973. The lowest BCUT2D eigenvalue weighted by molar-refractivity contribution is -0.134. The van der Waals surface area contributed by atoms with Crippen LogP contribution in [0.25, 0.3) is 0 Å². The van der Waals surface area contributed by atoms with Crippen LogP contribution in [0.5, 0.6) is 0 Å². The number of methoxy groups -OCH3 is 1. The second-order valence-electron chi connectivity index (χ2n) is 3.01. The van der Waals surface area contributed by atoms with E-state index in [1.165, 1.54) is 19.2 Å². The minimum Gasteiger partial charge on any atom is -0.466 e. The maximum Gasteiger partial charge on any atom is 0.334 e. The molecule has 0 heterocycles. The van der Waals surface area contributed by atoms with Gasteiger partial charge in [-0.15, -0.1) is 10.2 Å². The van der Waals surface area contributed by atoms with E-state index in [1.807, 2.05) is 0 Å². The minimum atomic E-state index is -0.639. The van der Waals surface area contributed by atoms with Crippen LogP contribution in [0.15, 0.2) is 34.3 Å². The Morgan fingerprint density at radius 3 is 2.39 bits per heavy atom. The van der Waals surface area contributed by atoms with Crippen molar-refractivity contribution in [2.24, 2.45) is 16.0 Å². The Kier molecular flexibility index (Phi) is 5.40. The van der Waals surface area contributed by atoms with Gasteiger partial charge >= 0.3 is 5.97 Å². The molecule has 0 unspecified atom stereocenters. The largest absolute Gasteiger partial charge is 0.466 e. The van der Waals surface area contributed by atoms with Gasteiger partial charge in [0.15, 0.2) is 5.82 Å². The van der Waals surface area contributed by atoms with E-state index in [0.29, 0.717) is 5.02 Å². The Bertz CT molecular complexity index is 506. The van der Waals surface area contributed by atoms with Crippen LogP contribution in [-0.2, 0) is 9.53 Å². The molecule has 0 atom stereocenters. The standard InChI is InChI=1S/C10H8Cl3N3O2/c1-18-9(17)4-8(14)15-16-10-6(12)2-5(11)3-7(10)13/h2-4H,14H2,1H3/b8-4+,16-15?. The number of rotatable bonds is 3. The van der Waals surface area contributed by atoms with Gasteiger partial charge in [-0.2, -0.15) is 0 Å². The van der Waals surface area contributed by atoms with Gasteiger partial charge in [-0.3, -0.25) is 0 Å². The van der Waals surface area contributed by atoms with Gasteiger partial charge in [0.1, 0.15) is 5.69 Å². The molecule has 0 aliphatic rings. The number of hydrogen-bond acceptors (Lipinski definition) is 5. The zero-order valence-corrected chi connectivity index (χ0v) is 11.4. The fourth-order valence-corrected chi connectivity index (χ4v) is 1.84. The molecule has 0 aromatic heterocycles. The van der Waals surface area contributed by atoms with E-state index in [1.54, 1.807) is 0 Å². The number of nitrogens with zero attached hydrogens (tertiary/aromatic N) is 2. The van der Waals surface area contributed by atoms with Gasteiger partial charge in [-0.25, -0.2) is 4.79 Å². The number of hydrogen-bond donors (Lipinski definition) is 1. The lowest BCUT2D eigenvalue weighted by atomic mass is 10.3. The van der Waals surface area contributed by atoms with E-state index in [0.717, 1.165) is 6.08 Å². The van der Waals surface area contributed by atoms with E-state index in [-0.39, 0.29) is 21.6 Å². The van der Waals surface area contributed by atoms with Crippen LogP contribution in [0.1, 0.15) is 0 Å². The molecule has 2 N–H and O–H groups in total. The lowest BCUT2D eigenvalue weighted by Crippen LogP contribution is -2.01. The molecule has 0 radical (unpaired) electrons. The van der Waals surface area contributed by atoms with Crippen LogP contribution in [0.2, 0.25) is 15.1 Å². The summed E-state index contributed by atoms with van der Waals surface area (Å²) >= 11 is 17.5. The number of carbonyl (C=O) groups is 1. The molecule has 0 saturated heterocycles. The average molecular weight is 309 g/mol. The smallest absolute Gasteiger partial charge is 0.334 e. The molecule has 1 rings (SSSR count). The van der Waals surface area contributed by atoms with Crippen LogP contribution in [-0.4, -0.2) is 13.1 Å². The highest BCUT2D eigenvalue weighted by Gasteiger charge is 2.07. The second kappa shape index (κ2) is 6.58. The van der Waals surface area contributed by atoms with Gasteiger partial charge in [-0.05, 0) is 12.1 Å². The first-order chi connectivity index (χ1) is 8.43. The molecule has 0 amide bonds. The number of carbonyl (C=O) groups excluding carboxylic acids is 1. The Morgan fingerprint density at radius 1 is 1.33 bits per heavy atom. The molecule has 1 aromatic rings. The molecule has 0 fully saturated rings. The van der Waals surface area contributed by atoms with Gasteiger partial charge in [0, 0.05) is 5.02 Å². The van der Waals surface area contributed by atoms with E-state index in [2.05, 4.69) is 15.0 Å². The lowest BCUT2D eigenvalue weighted by Gasteiger charge is -2.01. The predicted octanol–water partition coefficient (Wildman–Crippen LogP) is 3.70. The maximum atomic E-state index is 10.9. The van der Waals surface area contributed by atoms with Crippen molar-refractivity contribution in [2.75, 3.05) is 7.11 Å². The minimum absolute atomic E-state index is 0.135. The van der Waals surface area contributed by atoms with Crippen molar-refractivity contribution >= 4 is 46.5 Å². The van der Waals surface area contributed by atoms with Crippen LogP contribution < -0.4 is 5.73 Å². The highest BCUT2D eigenvalue weighted by atomic mass is 35.5. The summed E-state index contributed by atoms with van der Waals surface area (Å²) in [5.41, 5.74) is 5.63. The maximum absolute atomic E-state index is 10.9. The summed E-state index contributed by atoms with van der Waals surface area (Å²) in [6.45, 7) is 0. The SMILES string of the molecule is COC(=O)/C=C(\N)N=Nc1c(Cl)cc(Cl)cc1Cl. The number of halogens is 3.